The smallest absolute Gasteiger partial charge is 0.338 e. The van der Waals surface area contributed by atoms with E-state index in [1.54, 1.807) is 47.5 Å². The van der Waals surface area contributed by atoms with E-state index in [4.69, 9.17) is 66.3 Å². The lowest BCUT2D eigenvalue weighted by Gasteiger charge is -2.63. The summed E-state index contributed by atoms with van der Waals surface area (Å²) in [4.78, 5) is 26.1. The molecular weight excluding hydrogens is 985 g/mol. The third kappa shape index (κ3) is 11.2. The summed E-state index contributed by atoms with van der Waals surface area (Å²) in [5.74, 6) is -1.00. The van der Waals surface area contributed by atoms with Crippen LogP contribution in [0.3, 0.4) is 0 Å². The number of hydrogen-bond acceptors (Lipinski definition) is 18. The first-order valence-electron chi connectivity index (χ1n) is 28.1. The van der Waals surface area contributed by atoms with Crippen LogP contribution in [0.25, 0.3) is 0 Å². The van der Waals surface area contributed by atoms with Gasteiger partial charge < -0.3 is 76.5 Å². The molecule has 0 bridgehead atoms. The molecule has 428 valence electrons. The minimum Gasteiger partial charge on any atom is -0.463 e. The molecule has 8 aliphatic rings. The van der Waals surface area contributed by atoms with Crippen LogP contribution < -0.4 is 0 Å². The van der Waals surface area contributed by atoms with Gasteiger partial charge in [-0.2, -0.15) is 0 Å². The number of rotatable bonds is 16. The van der Waals surface area contributed by atoms with Gasteiger partial charge in [-0.3, -0.25) is 4.79 Å². The van der Waals surface area contributed by atoms with Crippen molar-refractivity contribution >= 4 is 11.9 Å². The van der Waals surface area contributed by atoms with Gasteiger partial charge in [-0.25, -0.2) is 4.79 Å². The van der Waals surface area contributed by atoms with Gasteiger partial charge in [0.25, 0.3) is 0 Å². The monoisotopic (exact) mass is 1070 g/mol. The van der Waals surface area contributed by atoms with Gasteiger partial charge in [-0.1, -0.05) is 43.7 Å². The number of methoxy groups -OCH3 is 4. The van der Waals surface area contributed by atoms with E-state index >= 15 is 0 Å². The third-order valence-electron chi connectivity index (χ3n) is 19.6. The second-order valence-electron chi connectivity index (χ2n) is 23.7. The van der Waals surface area contributed by atoms with Crippen molar-refractivity contribution in [1.29, 1.82) is 0 Å². The summed E-state index contributed by atoms with van der Waals surface area (Å²) in [6.07, 6.45) is -0.0276. The summed E-state index contributed by atoms with van der Waals surface area (Å²) >= 11 is 0. The van der Waals surface area contributed by atoms with Crippen molar-refractivity contribution < 1.29 is 86.1 Å². The van der Waals surface area contributed by atoms with Crippen LogP contribution >= 0.6 is 0 Å². The molecule has 1 aromatic rings. The molecule has 0 radical (unpaired) electrons. The Labute approximate surface area is 449 Å². The van der Waals surface area contributed by atoms with Crippen LogP contribution in [0.2, 0.25) is 0 Å². The van der Waals surface area contributed by atoms with Gasteiger partial charge in [-0.15, -0.1) is 0 Å². The number of ether oxygens (including phenoxy) is 14. The Balaban J connectivity index is 0.802. The molecule has 9 rings (SSSR count). The minimum absolute atomic E-state index is 0.0446. The zero-order valence-corrected chi connectivity index (χ0v) is 46.9. The van der Waals surface area contributed by atoms with Crippen LogP contribution in [0, 0.1) is 28.6 Å². The van der Waals surface area contributed by atoms with Crippen molar-refractivity contribution in [2.75, 3.05) is 28.4 Å². The van der Waals surface area contributed by atoms with Crippen molar-refractivity contribution in [2.24, 2.45) is 28.6 Å². The summed E-state index contributed by atoms with van der Waals surface area (Å²) in [5.41, 5.74) is -0.485. The molecule has 18 heteroatoms. The number of fused-ring (bicyclic) bond motifs is 5. The van der Waals surface area contributed by atoms with Gasteiger partial charge in [0, 0.05) is 72.4 Å². The molecule has 18 nitrogen and oxygen atoms in total. The minimum atomic E-state index is -1.15. The molecule has 76 heavy (non-hydrogen) atoms. The molecule has 7 fully saturated rings. The number of esters is 2. The Kier molecular flexibility index (Phi) is 18.2. The molecular formula is C58H88O18. The van der Waals surface area contributed by atoms with E-state index in [9.17, 15) is 19.8 Å². The van der Waals surface area contributed by atoms with Gasteiger partial charge >= 0.3 is 11.9 Å². The fourth-order valence-electron chi connectivity index (χ4n) is 15.4. The first kappa shape index (κ1) is 58.0. The van der Waals surface area contributed by atoms with Crippen molar-refractivity contribution in [3.05, 3.63) is 47.5 Å². The maximum Gasteiger partial charge on any atom is 0.338 e. The van der Waals surface area contributed by atoms with E-state index in [0.29, 0.717) is 56.9 Å². The molecule has 1 aromatic carbocycles. The van der Waals surface area contributed by atoms with Gasteiger partial charge in [0.15, 0.2) is 25.2 Å². The topological polar surface area (TPSA) is 204 Å². The summed E-state index contributed by atoms with van der Waals surface area (Å²) in [6, 6.07) is 9.03. The molecule has 4 heterocycles. The molecule has 4 aliphatic heterocycles. The van der Waals surface area contributed by atoms with Crippen LogP contribution in [0.15, 0.2) is 42.0 Å². The number of carbonyl (C=O) groups is 2. The van der Waals surface area contributed by atoms with E-state index in [1.807, 2.05) is 45.9 Å². The van der Waals surface area contributed by atoms with E-state index in [0.717, 1.165) is 19.3 Å². The number of hydrogen-bond donors (Lipinski definition) is 2. The Hall–Kier alpha value is -2.66. The van der Waals surface area contributed by atoms with Crippen LogP contribution in [0.4, 0.5) is 0 Å². The Bertz CT molecular complexity index is 2150. The Morgan fingerprint density at radius 2 is 1.16 bits per heavy atom. The van der Waals surface area contributed by atoms with Crippen LogP contribution in [-0.2, 0) is 71.1 Å². The number of carbonyl (C=O) groups excluding carboxylic acids is 2. The largest absolute Gasteiger partial charge is 0.463 e. The predicted molar refractivity (Wildman–Crippen MR) is 273 cm³/mol. The molecule has 4 saturated heterocycles. The van der Waals surface area contributed by atoms with Crippen molar-refractivity contribution in [2.45, 2.75) is 248 Å². The first-order valence-corrected chi connectivity index (χ1v) is 28.1. The average Bonchev–Trinajstić information content (AvgIpc) is 3.68. The summed E-state index contributed by atoms with van der Waals surface area (Å²) in [7, 11) is 6.56. The van der Waals surface area contributed by atoms with Gasteiger partial charge in [0.1, 0.15) is 36.6 Å². The van der Waals surface area contributed by atoms with Crippen LogP contribution in [0.5, 0.6) is 0 Å². The molecule has 0 amide bonds. The van der Waals surface area contributed by atoms with Crippen molar-refractivity contribution in [3.63, 3.8) is 0 Å². The average molecular weight is 1070 g/mol. The summed E-state index contributed by atoms with van der Waals surface area (Å²) in [5, 5.41) is 23.6. The Morgan fingerprint density at radius 3 is 1.67 bits per heavy atom. The third-order valence-corrected chi connectivity index (χ3v) is 19.6. The number of allylic oxidation sites excluding steroid dienone is 1. The molecule has 4 aliphatic carbocycles. The maximum atomic E-state index is 13.9. The molecule has 3 saturated carbocycles. The highest BCUT2D eigenvalue weighted by Crippen LogP contribution is 2.69. The van der Waals surface area contributed by atoms with Crippen molar-refractivity contribution in [1.82, 2.24) is 0 Å². The Morgan fingerprint density at radius 1 is 0.658 bits per heavy atom. The highest BCUT2D eigenvalue weighted by molar-refractivity contribution is 5.89. The lowest BCUT2D eigenvalue weighted by molar-refractivity contribution is -0.347. The number of aliphatic hydroxyl groups excluding tert-OH is 1. The summed E-state index contributed by atoms with van der Waals surface area (Å²) in [6.45, 7) is 15.4. The molecule has 2 N–H and O–H groups in total. The summed E-state index contributed by atoms with van der Waals surface area (Å²) < 4.78 is 88.0. The van der Waals surface area contributed by atoms with Crippen LogP contribution in [-0.4, -0.2) is 173 Å². The SMILES string of the molecule is CO[C@H]1C[C@H](O[C@H]2CC[C@@]3(C)C(=CC[C@@H]4[C@@H]3C[C@@H](OC(=O)c3ccccc3)[C@]3(C)[C@H]([C@H](C)OC(C)=O)CC[C@]43O)C2)O[C@H](C)[C@H]1O[C@H]1C[C@H](OC)[C@H](O[C@H]2C[C@@H](OC)[C@H](O[C@H]3C[C@@H](OC)[C@H](O)[C@@H](C)O3)[C@@H](C)O2)[C@@H](C)O1. The maximum absolute atomic E-state index is 13.9. The lowest BCUT2D eigenvalue weighted by Crippen LogP contribution is -2.67. The quantitative estimate of drug-likeness (QED) is 0.127. The highest BCUT2D eigenvalue weighted by Gasteiger charge is 2.72. The first-order chi connectivity index (χ1) is 36.2. The second-order valence-corrected chi connectivity index (χ2v) is 23.7. The van der Waals surface area contributed by atoms with E-state index < -0.39 is 109 Å². The number of aliphatic hydroxyl groups is 2. The predicted octanol–water partition coefficient (Wildman–Crippen LogP) is 6.97. The molecule has 0 spiro atoms. The number of benzene rings is 1. The molecule has 25 atom stereocenters. The van der Waals surface area contributed by atoms with Gasteiger partial charge in [0.2, 0.25) is 0 Å². The molecule has 0 unspecified atom stereocenters. The zero-order chi connectivity index (χ0) is 54.4. The zero-order valence-electron chi connectivity index (χ0n) is 46.9. The fraction of sp³-hybridized carbons (Fsp3) is 0.828. The van der Waals surface area contributed by atoms with E-state index in [-0.39, 0.29) is 53.6 Å². The van der Waals surface area contributed by atoms with Crippen LogP contribution in [0.1, 0.15) is 136 Å². The van der Waals surface area contributed by atoms with Crippen molar-refractivity contribution in [3.8, 4) is 0 Å². The van der Waals surface area contributed by atoms with Gasteiger partial charge in [0.05, 0.1) is 66.1 Å². The highest BCUT2D eigenvalue weighted by atomic mass is 16.8. The molecule has 0 aromatic heterocycles. The fourth-order valence-corrected chi connectivity index (χ4v) is 15.4. The lowest BCUT2D eigenvalue weighted by atomic mass is 9.44. The van der Waals surface area contributed by atoms with E-state index in [1.165, 1.54) is 12.5 Å². The van der Waals surface area contributed by atoms with E-state index in [2.05, 4.69) is 19.9 Å². The second kappa shape index (κ2) is 23.8. The normalized spacial score (nSPS) is 46.9. The standard InChI is InChI=1S/C58H88O18/c1-30(67-35(6)59)39-21-23-58(62)40-19-18-37-24-38(20-22-56(37,7)41(40)25-46(57(39,58)8)73-55(61)36-16-14-13-15-17-36)72-47-27-43(64-10)52(32(3)69-47)75-49-29-45(66-12)54(34(5)71-49)76-50-28-44(65-11)53(33(4)70-50)74-48-26-42(63-9)51(60)31(2)68-48/h13-18,30-34,38-54,60,62H,19-29H2,1-12H3/t30-,31+,32+,33+,34+,38-,39-,40+,41-,42+,43-,44+,45-,46+,47-,48-,49-,50-,51+,52+,53+,54+,56-,57-,58-/m0/s1. The van der Waals surface area contributed by atoms with Gasteiger partial charge in [-0.05, 0) is 109 Å².